The largest absolute Gasteiger partial charge is 0.278 e. The Balaban J connectivity index is 1.25. The second-order valence-corrected chi connectivity index (χ2v) is 10.0. The molecule has 0 amide bonds. The molecule has 0 unspecified atom stereocenters. The monoisotopic (exact) mass is 508 g/mol. The molecule has 2 aromatic carbocycles. The first kappa shape index (κ1) is 24.9. The maximum Gasteiger partial charge on any atom is 0.255 e. The molecule has 2 heterocycles. The molecule has 0 bridgehead atoms. The first-order chi connectivity index (χ1) is 16.9. The summed E-state index contributed by atoms with van der Waals surface area (Å²) in [6.07, 6.45) is 2.42. The van der Waals surface area contributed by atoms with Gasteiger partial charge in [0.2, 0.25) is 11.8 Å². The van der Waals surface area contributed by atoms with Crippen molar-refractivity contribution in [3.8, 4) is 0 Å². The standard InChI is InChI=1S/C25H24N4O4S2/c1-16(30)28-20-12-6-4-10-18(20)26-22(28)24(32)34-14-8-3-9-15-35-25(33)23-27-19-11-5-7-13-21(19)29(23)17(2)31/h4-7,10-13H,3,8-9,14-15H2,1-2H3. The van der Waals surface area contributed by atoms with Crippen molar-refractivity contribution in [2.75, 3.05) is 11.5 Å². The van der Waals surface area contributed by atoms with Crippen LogP contribution in [0.3, 0.4) is 0 Å². The Bertz CT molecular complexity index is 1330. The minimum absolute atomic E-state index is 0.151. The number of unbranched alkanes of at least 4 members (excludes halogenated alkanes) is 2. The van der Waals surface area contributed by atoms with Gasteiger partial charge in [0, 0.05) is 25.4 Å². The Morgan fingerprint density at radius 3 is 1.46 bits per heavy atom. The van der Waals surface area contributed by atoms with Crippen LogP contribution >= 0.6 is 23.5 Å². The fraction of sp³-hybridized carbons (Fsp3) is 0.280. The number of benzene rings is 2. The molecule has 0 saturated heterocycles. The summed E-state index contributed by atoms with van der Waals surface area (Å²) in [4.78, 5) is 58.2. The fourth-order valence-electron chi connectivity index (χ4n) is 3.80. The van der Waals surface area contributed by atoms with E-state index in [-0.39, 0.29) is 33.7 Å². The Morgan fingerprint density at radius 2 is 1.06 bits per heavy atom. The summed E-state index contributed by atoms with van der Waals surface area (Å²) in [5.74, 6) is 0.999. The van der Waals surface area contributed by atoms with Gasteiger partial charge in [-0.3, -0.25) is 28.3 Å². The van der Waals surface area contributed by atoms with E-state index in [1.54, 1.807) is 24.3 Å². The predicted octanol–water partition coefficient (Wildman–Crippen LogP) is 5.32. The number of para-hydroxylation sites is 4. The summed E-state index contributed by atoms with van der Waals surface area (Å²) >= 11 is 2.29. The molecule has 2 aromatic heterocycles. The number of fused-ring (bicyclic) bond motifs is 2. The maximum absolute atomic E-state index is 12.7. The zero-order chi connectivity index (χ0) is 24.9. The summed E-state index contributed by atoms with van der Waals surface area (Å²) in [6.45, 7) is 2.83. The van der Waals surface area contributed by atoms with Gasteiger partial charge in [0.25, 0.3) is 10.2 Å². The van der Waals surface area contributed by atoms with Crippen LogP contribution in [0.4, 0.5) is 0 Å². The minimum Gasteiger partial charge on any atom is -0.278 e. The van der Waals surface area contributed by atoms with E-state index in [4.69, 9.17) is 0 Å². The van der Waals surface area contributed by atoms with Gasteiger partial charge in [-0.1, -0.05) is 54.2 Å². The molecule has 0 aliphatic carbocycles. The van der Waals surface area contributed by atoms with Gasteiger partial charge < -0.3 is 0 Å². The van der Waals surface area contributed by atoms with Crippen LogP contribution in [0, 0.1) is 0 Å². The van der Waals surface area contributed by atoms with Crippen LogP contribution in [0.15, 0.2) is 48.5 Å². The normalized spacial score (nSPS) is 11.3. The van der Waals surface area contributed by atoms with E-state index in [1.807, 2.05) is 24.3 Å². The van der Waals surface area contributed by atoms with Crippen LogP contribution < -0.4 is 0 Å². The van der Waals surface area contributed by atoms with Gasteiger partial charge in [-0.15, -0.1) is 0 Å². The lowest BCUT2D eigenvalue weighted by Crippen LogP contribution is -2.13. The molecule has 0 N–H and O–H groups in total. The first-order valence-electron chi connectivity index (χ1n) is 11.2. The zero-order valence-corrected chi connectivity index (χ0v) is 21.0. The van der Waals surface area contributed by atoms with Crippen molar-refractivity contribution < 1.29 is 19.2 Å². The molecule has 0 atom stereocenters. The number of rotatable bonds is 8. The second-order valence-electron chi connectivity index (χ2n) is 7.89. The van der Waals surface area contributed by atoms with Gasteiger partial charge in [-0.25, -0.2) is 9.97 Å². The highest BCUT2D eigenvalue weighted by atomic mass is 32.2. The number of hydrogen-bond donors (Lipinski definition) is 0. The third-order valence-electron chi connectivity index (χ3n) is 5.37. The van der Waals surface area contributed by atoms with Gasteiger partial charge in [-0.2, -0.15) is 0 Å². The van der Waals surface area contributed by atoms with Gasteiger partial charge >= 0.3 is 0 Å². The summed E-state index contributed by atoms with van der Waals surface area (Å²) in [5.41, 5.74) is 2.49. The van der Waals surface area contributed by atoms with Crippen LogP contribution in [0.5, 0.6) is 0 Å². The van der Waals surface area contributed by atoms with Crippen LogP contribution in [0.1, 0.15) is 63.9 Å². The second kappa shape index (κ2) is 11.0. The molecule has 0 fully saturated rings. The summed E-state index contributed by atoms with van der Waals surface area (Å²) in [7, 11) is 0. The van der Waals surface area contributed by atoms with Gasteiger partial charge in [0.05, 0.1) is 22.1 Å². The molecule has 0 spiro atoms. The minimum atomic E-state index is -0.248. The van der Waals surface area contributed by atoms with E-state index in [0.29, 0.717) is 33.6 Å². The third kappa shape index (κ3) is 5.38. The van der Waals surface area contributed by atoms with Crippen molar-refractivity contribution in [2.45, 2.75) is 33.1 Å². The van der Waals surface area contributed by atoms with E-state index in [2.05, 4.69) is 9.97 Å². The lowest BCUT2D eigenvalue weighted by atomic mass is 10.3. The predicted molar refractivity (Wildman–Crippen MR) is 139 cm³/mol. The van der Waals surface area contributed by atoms with Crippen molar-refractivity contribution in [3.05, 3.63) is 60.2 Å². The van der Waals surface area contributed by atoms with Crippen LogP contribution in [0.25, 0.3) is 22.1 Å². The van der Waals surface area contributed by atoms with Crippen molar-refractivity contribution in [3.63, 3.8) is 0 Å². The van der Waals surface area contributed by atoms with Crippen LogP contribution in [0.2, 0.25) is 0 Å². The summed E-state index contributed by atoms with van der Waals surface area (Å²) in [6, 6.07) is 14.4. The zero-order valence-electron chi connectivity index (χ0n) is 19.4. The topological polar surface area (TPSA) is 104 Å². The molecule has 35 heavy (non-hydrogen) atoms. The Hall–Kier alpha value is -3.24. The van der Waals surface area contributed by atoms with E-state index in [1.165, 1.54) is 23.0 Å². The number of carbonyl (C=O) groups excluding carboxylic acids is 4. The highest BCUT2D eigenvalue weighted by Crippen LogP contribution is 2.23. The molecule has 8 nitrogen and oxygen atoms in total. The van der Waals surface area contributed by atoms with Crippen molar-refractivity contribution in [1.29, 1.82) is 0 Å². The Labute approximate surface area is 210 Å². The molecule has 0 aliphatic rings. The quantitative estimate of drug-likeness (QED) is 0.294. The van der Waals surface area contributed by atoms with Crippen LogP contribution in [-0.4, -0.2) is 52.7 Å². The number of hydrogen-bond acceptors (Lipinski definition) is 8. The summed E-state index contributed by atoms with van der Waals surface area (Å²) in [5, 5.41) is -0.465. The number of aromatic nitrogens is 4. The maximum atomic E-state index is 12.7. The molecule has 0 radical (unpaired) electrons. The van der Waals surface area contributed by atoms with E-state index < -0.39 is 0 Å². The van der Waals surface area contributed by atoms with Crippen molar-refractivity contribution in [2.24, 2.45) is 0 Å². The van der Waals surface area contributed by atoms with Gasteiger partial charge in [0.1, 0.15) is 0 Å². The molecular weight excluding hydrogens is 484 g/mol. The molecular formula is C25H24N4O4S2. The lowest BCUT2D eigenvalue weighted by Gasteiger charge is -2.05. The molecule has 10 heteroatoms. The average Bonchev–Trinajstić information content (AvgIpc) is 3.42. The fourth-order valence-corrected chi connectivity index (χ4v) is 5.40. The van der Waals surface area contributed by atoms with Crippen molar-refractivity contribution in [1.82, 2.24) is 19.1 Å². The SMILES string of the molecule is CC(=O)n1c(C(=O)SCCCCCSC(=O)c2nc3ccccc3n2C(C)=O)nc2ccccc21. The highest BCUT2D eigenvalue weighted by molar-refractivity contribution is 8.14. The molecule has 4 aromatic rings. The van der Waals surface area contributed by atoms with E-state index >= 15 is 0 Å². The first-order valence-corrected chi connectivity index (χ1v) is 13.2. The highest BCUT2D eigenvalue weighted by Gasteiger charge is 2.21. The van der Waals surface area contributed by atoms with Gasteiger partial charge in [-0.05, 0) is 37.1 Å². The van der Waals surface area contributed by atoms with Crippen molar-refractivity contribution >= 4 is 67.6 Å². The molecule has 0 saturated carbocycles. The molecule has 180 valence electrons. The Morgan fingerprint density at radius 1 is 0.657 bits per heavy atom. The van der Waals surface area contributed by atoms with E-state index in [9.17, 15) is 19.2 Å². The third-order valence-corrected chi connectivity index (χ3v) is 7.25. The molecule has 0 aliphatic heterocycles. The van der Waals surface area contributed by atoms with Gasteiger partial charge in [0.15, 0.2) is 11.6 Å². The number of thioether (sulfide) groups is 2. The van der Waals surface area contributed by atoms with E-state index in [0.717, 1.165) is 42.8 Å². The summed E-state index contributed by atoms with van der Waals surface area (Å²) < 4.78 is 2.72. The van der Waals surface area contributed by atoms with Crippen LogP contribution in [-0.2, 0) is 0 Å². The molecule has 4 rings (SSSR count). The average molecular weight is 509 g/mol. The number of imidazole rings is 2. The lowest BCUT2D eigenvalue weighted by molar-refractivity contribution is 0.0920. The number of nitrogens with zero attached hydrogens (tertiary/aromatic N) is 4. The smallest absolute Gasteiger partial charge is 0.255 e. The Kier molecular flexibility index (Phi) is 7.82. The number of carbonyl (C=O) groups is 4.